The van der Waals surface area contributed by atoms with Crippen LogP contribution in [0.25, 0.3) is 0 Å². The van der Waals surface area contributed by atoms with E-state index in [1.807, 2.05) is 6.07 Å². The smallest absolute Gasteiger partial charge is 0.143 e. The van der Waals surface area contributed by atoms with E-state index in [9.17, 15) is 5.11 Å². The fraction of sp³-hybridized carbons (Fsp3) is 0.583. The fourth-order valence-electron chi connectivity index (χ4n) is 1.45. The quantitative estimate of drug-likeness (QED) is 0.810. The minimum atomic E-state index is -0.524. The molecule has 1 aromatic rings. The number of hydrogen-bond acceptors (Lipinski definition) is 3. The van der Waals surface area contributed by atoms with Crippen LogP contribution in [0, 0.1) is 5.92 Å². The van der Waals surface area contributed by atoms with Crippen molar-refractivity contribution in [2.45, 2.75) is 32.8 Å². The first-order chi connectivity index (χ1) is 7.15. The lowest BCUT2D eigenvalue weighted by Gasteiger charge is -2.14. The molecule has 1 unspecified atom stereocenters. The van der Waals surface area contributed by atoms with Crippen LogP contribution in [-0.4, -0.2) is 17.2 Å². The van der Waals surface area contributed by atoms with E-state index in [1.165, 1.54) is 0 Å². The molecule has 15 heavy (non-hydrogen) atoms. The van der Waals surface area contributed by atoms with Crippen molar-refractivity contribution in [3.05, 3.63) is 24.0 Å². The van der Waals surface area contributed by atoms with Gasteiger partial charge in [0, 0.05) is 6.20 Å². The highest BCUT2D eigenvalue weighted by atomic mass is 16.5. The van der Waals surface area contributed by atoms with Crippen LogP contribution in [-0.2, 0) is 0 Å². The summed E-state index contributed by atoms with van der Waals surface area (Å²) in [4.78, 5) is 4.15. The molecule has 0 bridgehead atoms. The van der Waals surface area contributed by atoms with Crippen molar-refractivity contribution in [3.8, 4) is 5.75 Å². The first-order valence-corrected chi connectivity index (χ1v) is 5.32. The third kappa shape index (κ3) is 3.51. The van der Waals surface area contributed by atoms with Gasteiger partial charge in [-0.3, -0.25) is 4.98 Å². The Balaban J connectivity index is 2.68. The van der Waals surface area contributed by atoms with Crippen LogP contribution in [0.4, 0.5) is 0 Å². The Labute approximate surface area is 91.1 Å². The Hall–Kier alpha value is -1.09. The molecule has 0 saturated carbocycles. The maximum absolute atomic E-state index is 9.94. The molecule has 0 saturated heterocycles. The van der Waals surface area contributed by atoms with Crippen LogP contribution in [0.2, 0.25) is 0 Å². The number of hydrogen-bond donors (Lipinski definition) is 1. The molecule has 0 radical (unpaired) electrons. The number of rotatable bonds is 5. The minimum absolute atomic E-state index is 0.524. The molecule has 0 aliphatic carbocycles. The molecule has 0 spiro atoms. The van der Waals surface area contributed by atoms with Gasteiger partial charge in [-0.05, 0) is 30.9 Å². The monoisotopic (exact) mass is 209 g/mol. The fourth-order valence-corrected chi connectivity index (χ4v) is 1.45. The van der Waals surface area contributed by atoms with Crippen molar-refractivity contribution in [1.82, 2.24) is 4.98 Å². The van der Waals surface area contributed by atoms with Gasteiger partial charge in [-0.15, -0.1) is 0 Å². The molecule has 1 aromatic heterocycles. The van der Waals surface area contributed by atoms with Gasteiger partial charge in [0.05, 0.1) is 13.2 Å². The molecule has 0 amide bonds. The second kappa shape index (κ2) is 5.71. The Morgan fingerprint density at radius 3 is 2.73 bits per heavy atom. The van der Waals surface area contributed by atoms with Crippen molar-refractivity contribution < 1.29 is 9.84 Å². The second-order valence-corrected chi connectivity index (χ2v) is 4.08. The van der Waals surface area contributed by atoms with Gasteiger partial charge in [0.2, 0.25) is 0 Å². The summed E-state index contributed by atoms with van der Waals surface area (Å²) in [6.45, 7) is 4.28. The summed E-state index contributed by atoms with van der Waals surface area (Å²) in [5, 5.41) is 9.94. The van der Waals surface area contributed by atoms with Crippen molar-refractivity contribution >= 4 is 0 Å². The van der Waals surface area contributed by atoms with Gasteiger partial charge in [0.15, 0.2) is 0 Å². The normalized spacial score (nSPS) is 12.9. The van der Waals surface area contributed by atoms with E-state index in [1.54, 1.807) is 19.4 Å². The third-order valence-corrected chi connectivity index (χ3v) is 2.35. The lowest BCUT2D eigenvalue weighted by molar-refractivity contribution is 0.150. The molecule has 1 atom stereocenters. The third-order valence-electron chi connectivity index (χ3n) is 2.35. The van der Waals surface area contributed by atoms with Gasteiger partial charge in [-0.1, -0.05) is 13.8 Å². The molecule has 1 rings (SSSR count). The van der Waals surface area contributed by atoms with E-state index >= 15 is 0 Å². The molecule has 1 heterocycles. The van der Waals surface area contributed by atoms with E-state index in [-0.39, 0.29) is 0 Å². The number of nitrogens with zero attached hydrogens (tertiary/aromatic N) is 1. The molecular formula is C12H19NO2. The largest absolute Gasteiger partial charge is 0.495 e. The van der Waals surface area contributed by atoms with E-state index in [0.29, 0.717) is 17.4 Å². The Bertz CT molecular complexity index is 299. The van der Waals surface area contributed by atoms with Gasteiger partial charge in [0.25, 0.3) is 0 Å². The first-order valence-electron chi connectivity index (χ1n) is 5.32. The van der Waals surface area contributed by atoms with Crippen molar-refractivity contribution in [3.63, 3.8) is 0 Å². The molecule has 1 N–H and O–H groups in total. The zero-order valence-electron chi connectivity index (χ0n) is 9.60. The molecule has 0 fully saturated rings. The topological polar surface area (TPSA) is 42.4 Å². The average molecular weight is 209 g/mol. The van der Waals surface area contributed by atoms with Crippen LogP contribution in [0.15, 0.2) is 18.3 Å². The van der Waals surface area contributed by atoms with Gasteiger partial charge in [-0.2, -0.15) is 0 Å². The molecule has 0 aliphatic rings. The van der Waals surface area contributed by atoms with Crippen LogP contribution < -0.4 is 4.74 Å². The van der Waals surface area contributed by atoms with Gasteiger partial charge in [0.1, 0.15) is 11.4 Å². The first kappa shape index (κ1) is 12.0. The summed E-state index contributed by atoms with van der Waals surface area (Å²) in [5.74, 6) is 1.25. The minimum Gasteiger partial charge on any atom is -0.495 e. The lowest BCUT2D eigenvalue weighted by Crippen LogP contribution is -2.04. The average Bonchev–Trinajstić information content (AvgIpc) is 2.25. The van der Waals surface area contributed by atoms with Crippen molar-refractivity contribution in [1.29, 1.82) is 0 Å². The standard InChI is InChI=1S/C12H19NO2/c1-9(2)6-7-10(14)12-11(15-3)5-4-8-13-12/h4-5,8-10,14H,6-7H2,1-3H3. The highest BCUT2D eigenvalue weighted by molar-refractivity contribution is 5.28. The zero-order valence-corrected chi connectivity index (χ0v) is 9.60. The number of ether oxygens (including phenoxy) is 1. The summed E-state index contributed by atoms with van der Waals surface area (Å²) in [5.41, 5.74) is 0.639. The predicted molar refractivity (Wildman–Crippen MR) is 59.8 cm³/mol. The van der Waals surface area contributed by atoms with Crippen LogP contribution in [0.5, 0.6) is 5.75 Å². The van der Waals surface area contributed by atoms with Crippen molar-refractivity contribution in [2.75, 3.05) is 7.11 Å². The highest BCUT2D eigenvalue weighted by Gasteiger charge is 2.14. The Morgan fingerprint density at radius 2 is 2.13 bits per heavy atom. The molecule has 0 aromatic carbocycles. The van der Waals surface area contributed by atoms with E-state index < -0.39 is 6.10 Å². The van der Waals surface area contributed by atoms with E-state index in [4.69, 9.17) is 4.74 Å². The Kier molecular flexibility index (Phi) is 4.56. The van der Waals surface area contributed by atoms with Gasteiger partial charge in [-0.25, -0.2) is 0 Å². The molecule has 84 valence electrons. The van der Waals surface area contributed by atoms with Gasteiger partial charge < -0.3 is 9.84 Å². The van der Waals surface area contributed by atoms with Gasteiger partial charge >= 0.3 is 0 Å². The SMILES string of the molecule is COc1cccnc1C(O)CCC(C)C. The number of methoxy groups -OCH3 is 1. The molecule has 3 heteroatoms. The number of aromatic nitrogens is 1. The number of pyridine rings is 1. The number of aliphatic hydroxyl groups excluding tert-OH is 1. The summed E-state index contributed by atoms with van der Waals surface area (Å²) < 4.78 is 5.15. The van der Waals surface area contributed by atoms with Crippen molar-refractivity contribution in [2.24, 2.45) is 5.92 Å². The molecular weight excluding hydrogens is 190 g/mol. The Morgan fingerprint density at radius 1 is 1.40 bits per heavy atom. The summed E-state index contributed by atoms with van der Waals surface area (Å²) in [6, 6.07) is 3.62. The van der Waals surface area contributed by atoms with Crippen LogP contribution >= 0.6 is 0 Å². The van der Waals surface area contributed by atoms with E-state index in [2.05, 4.69) is 18.8 Å². The number of aliphatic hydroxyl groups is 1. The lowest BCUT2D eigenvalue weighted by atomic mass is 10.0. The maximum Gasteiger partial charge on any atom is 0.143 e. The van der Waals surface area contributed by atoms with Crippen LogP contribution in [0.1, 0.15) is 38.5 Å². The predicted octanol–water partition coefficient (Wildman–Crippen LogP) is 2.56. The molecule has 3 nitrogen and oxygen atoms in total. The highest BCUT2D eigenvalue weighted by Crippen LogP contribution is 2.26. The molecule has 0 aliphatic heterocycles. The maximum atomic E-state index is 9.94. The summed E-state index contributed by atoms with van der Waals surface area (Å²) in [6.07, 6.45) is 2.87. The summed E-state index contributed by atoms with van der Waals surface area (Å²) in [7, 11) is 1.59. The van der Waals surface area contributed by atoms with Crippen LogP contribution in [0.3, 0.4) is 0 Å². The second-order valence-electron chi connectivity index (χ2n) is 4.08. The zero-order chi connectivity index (χ0) is 11.3. The van der Waals surface area contributed by atoms with E-state index in [0.717, 1.165) is 12.8 Å². The summed E-state index contributed by atoms with van der Waals surface area (Å²) >= 11 is 0.